The normalized spacial score (nSPS) is 16.0. The average molecular weight is 517 g/mol. The van der Waals surface area contributed by atoms with Crippen molar-refractivity contribution < 1.29 is 22.3 Å². The number of carbonyl (C=O) groups excluding carboxylic acids is 1. The Morgan fingerprint density at radius 1 is 1.09 bits per heavy atom. The van der Waals surface area contributed by atoms with Crippen LogP contribution in [0.4, 0.5) is 4.39 Å². The molecule has 2 heterocycles. The number of ether oxygens (including phenoxy) is 1. The lowest BCUT2D eigenvalue weighted by Gasteiger charge is -2.28. The molecule has 1 fully saturated rings. The number of amides is 1. The minimum absolute atomic E-state index is 0.116. The second-order valence-corrected chi connectivity index (χ2v) is 11.7. The molecule has 2 aromatic carbocycles. The molecule has 0 spiro atoms. The Bertz CT molecular complexity index is 1210. The Balaban J connectivity index is 1.59. The van der Waals surface area contributed by atoms with E-state index in [0.717, 1.165) is 28.8 Å². The van der Waals surface area contributed by atoms with E-state index < -0.39 is 10.0 Å². The van der Waals surface area contributed by atoms with Crippen molar-refractivity contribution in [3.63, 3.8) is 0 Å². The second-order valence-electron chi connectivity index (χ2n) is 8.70. The summed E-state index contributed by atoms with van der Waals surface area (Å²) in [6.07, 6.45) is 1.38. The van der Waals surface area contributed by atoms with E-state index in [9.17, 15) is 17.6 Å². The molecule has 1 amide bonds. The Morgan fingerprint density at radius 2 is 1.83 bits per heavy atom. The van der Waals surface area contributed by atoms with Crippen LogP contribution in [-0.4, -0.2) is 49.3 Å². The highest BCUT2D eigenvalue weighted by atomic mass is 32.2. The molecule has 1 saturated heterocycles. The first-order valence-corrected chi connectivity index (χ1v) is 13.9. The van der Waals surface area contributed by atoms with Gasteiger partial charge in [-0.25, -0.2) is 12.8 Å². The molecule has 0 aliphatic carbocycles. The summed E-state index contributed by atoms with van der Waals surface area (Å²) in [4.78, 5) is 16.3. The second kappa shape index (κ2) is 11.4. The van der Waals surface area contributed by atoms with Crippen LogP contribution >= 0.6 is 11.3 Å². The van der Waals surface area contributed by atoms with Gasteiger partial charge >= 0.3 is 0 Å². The van der Waals surface area contributed by atoms with Gasteiger partial charge < -0.3 is 9.64 Å². The molecule has 9 heteroatoms. The van der Waals surface area contributed by atoms with E-state index >= 15 is 0 Å². The summed E-state index contributed by atoms with van der Waals surface area (Å²) in [5.74, 6) is -0.673. The van der Waals surface area contributed by atoms with Gasteiger partial charge in [0, 0.05) is 24.6 Å². The third-order valence-corrected chi connectivity index (χ3v) is 8.65. The van der Waals surface area contributed by atoms with Gasteiger partial charge in [-0.15, -0.1) is 11.3 Å². The average Bonchev–Trinajstić information content (AvgIpc) is 3.54. The van der Waals surface area contributed by atoms with Crippen molar-refractivity contribution in [3.05, 3.63) is 87.9 Å². The zero-order chi connectivity index (χ0) is 24.8. The van der Waals surface area contributed by atoms with Crippen molar-refractivity contribution in [2.45, 2.75) is 43.9 Å². The molecule has 0 unspecified atom stereocenters. The van der Waals surface area contributed by atoms with Gasteiger partial charge in [-0.2, -0.15) is 4.31 Å². The molecule has 1 aliphatic rings. The summed E-state index contributed by atoms with van der Waals surface area (Å²) in [7, 11) is -3.92. The molecule has 6 nitrogen and oxygen atoms in total. The Labute approximate surface area is 210 Å². The van der Waals surface area contributed by atoms with Gasteiger partial charge in [-0.3, -0.25) is 4.79 Å². The SMILES string of the molecule is Cc1ccc(S(=O)(=O)N(CC(=O)N(Cc2ccc(F)cc2)Cc2cccs2)C[C@@H]2CCCO2)cc1. The minimum atomic E-state index is -3.92. The number of sulfonamides is 1. The number of rotatable bonds is 10. The van der Waals surface area contributed by atoms with Crippen LogP contribution in [0.5, 0.6) is 0 Å². The lowest BCUT2D eigenvalue weighted by atomic mass is 10.2. The van der Waals surface area contributed by atoms with Crippen LogP contribution < -0.4 is 0 Å². The zero-order valence-corrected chi connectivity index (χ0v) is 21.2. The van der Waals surface area contributed by atoms with Crippen molar-refractivity contribution in [1.29, 1.82) is 0 Å². The van der Waals surface area contributed by atoms with Crippen molar-refractivity contribution in [3.8, 4) is 0 Å². The number of benzene rings is 2. The van der Waals surface area contributed by atoms with Gasteiger partial charge in [-0.1, -0.05) is 35.9 Å². The summed E-state index contributed by atoms with van der Waals surface area (Å²) in [5.41, 5.74) is 1.72. The Morgan fingerprint density at radius 3 is 2.46 bits per heavy atom. The molecule has 3 aromatic rings. The van der Waals surface area contributed by atoms with E-state index in [1.807, 2.05) is 24.4 Å². The van der Waals surface area contributed by atoms with E-state index in [-0.39, 0.29) is 42.4 Å². The van der Waals surface area contributed by atoms with Crippen LogP contribution in [0.15, 0.2) is 70.9 Å². The van der Waals surface area contributed by atoms with Gasteiger partial charge in [0.2, 0.25) is 15.9 Å². The topological polar surface area (TPSA) is 66.9 Å². The molecular formula is C26H29FN2O4S2. The monoisotopic (exact) mass is 516 g/mol. The standard InChI is InChI=1S/C26H29FN2O4S2/c1-20-6-12-25(13-7-20)35(31,32)29(17-23-4-2-14-33-23)19-26(30)28(18-24-5-3-15-34-24)16-21-8-10-22(27)11-9-21/h3,5-13,15,23H,2,4,14,16-19H2,1H3/t23-/m0/s1. The molecule has 1 atom stereocenters. The predicted molar refractivity (Wildman–Crippen MR) is 134 cm³/mol. The van der Waals surface area contributed by atoms with Crippen LogP contribution in [0.25, 0.3) is 0 Å². The molecule has 1 aromatic heterocycles. The van der Waals surface area contributed by atoms with Crippen LogP contribution in [0, 0.1) is 12.7 Å². The minimum Gasteiger partial charge on any atom is -0.377 e. The Hall–Kier alpha value is -2.59. The molecule has 35 heavy (non-hydrogen) atoms. The highest BCUT2D eigenvalue weighted by Gasteiger charge is 2.32. The smallest absolute Gasteiger partial charge is 0.243 e. The first-order chi connectivity index (χ1) is 16.8. The van der Waals surface area contributed by atoms with E-state index in [1.54, 1.807) is 41.3 Å². The highest BCUT2D eigenvalue weighted by Crippen LogP contribution is 2.22. The first kappa shape index (κ1) is 25.5. The molecule has 186 valence electrons. The number of carbonyl (C=O) groups is 1. The van der Waals surface area contributed by atoms with Crippen LogP contribution in [0.3, 0.4) is 0 Å². The van der Waals surface area contributed by atoms with E-state index in [2.05, 4.69) is 0 Å². The van der Waals surface area contributed by atoms with Gasteiger partial charge in [0.25, 0.3) is 0 Å². The number of nitrogens with zero attached hydrogens (tertiary/aromatic N) is 2. The lowest BCUT2D eigenvalue weighted by molar-refractivity contribution is -0.132. The molecule has 1 aliphatic heterocycles. The molecule has 0 radical (unpaired) electrons. The van der Waals surface area contributed by atoms with Crippen LogP contribution in [0.1, 0.15) is 28.8 Å². The van der Waals surface area contributed by atoms with Crippen LogP contribution in [-0.2, 0) is 32.6 Å². The van der Waals surface area contributed by atoms with Crippen molar-refractivity contribution in [2.75, 3.05) is 19.7 Å². The van der Waals surface area contributed by atoms with E-state index in [1.165, 1.54) is 27.8 Å². The number of hydrogen-bond acceptors (Lipinski definition) is 5. The van der Waals surface area contributed by atoms with E-state index in [4.69, 9.17) is 4.74 Å². The van der Waals surface area contributed by atoms with Crippen molar-refractivity contribution in [2.24, 2.45) is 0 Å². The highest BCUT2D eigenvalue weighted by molar-refractivity contribution is 7.89. The summed E-state index contributed by atoms with van der Waals surface area (Å²) in [6.45, 7) is 2.88. The van der Waals surface area contributed by atoms with Gasteiger partial charge in [-0.05, 0) is 61.0 Å². The van der Waals surface area contributed by atoms with E-state index in [0.29, 0.717) is 13.2 Å². The third-order valence-electron chi connectivity index (χ3n) is 5.97. The maximum atomic E-state index is 13.6. The van der Waals surface area contributed by atoms with Gasteiger partial charge in [0.15, 0.2) is 0 Å². The first-order valence-electron chi connectivity index (χ1n) is 11.5. The Kier molecular flexibility index (Phi) is 8.33. The fourth-order valence-electron chi connectivity index (χ4n) is 4.01. The quantitative estimate of drug-likeness (QED) is 0.395. The zero-order valence-electron chi connectivity index (χ0n) is 19.6. The summed E-state index contributed by atoms with van der Waals surface area (Å²) in [5, 5.41) is 1.93. The molecule has 0 saturated carbocycles. The predicted octanol–water partition coefficient (Wildman–Crippen LogP) is 4.59. The molecule has 0 bridgehead atoms. The molecular weight excluding hydrogens is 487 g/mol. The maximum Gasteiger partial charge on any atom is 0.243 e. The largest absolute Gasteiger partial charge is 0.377 e. The molecule has 0 N–H and O–H groups in total. The summed E-state index contributed by atoms with van der Waals surface area (Å²) >= 11 is 1.52. The number of halogens is 1. The van der Waals surface area contributed by atoms with Gasteiger partial charge in [0.05, 0.1) is 24.1 Å². The maximum absolute atomic E-state index is 13.6. The fraction of sp³-hybridized carbons (Fsp3) is 0.346. The number of thiophene rings is 1. The fourth-order valence-corrected chi connectivity index (χ4v) is 6.15. The van der Waals surface area contributed by atoms with Crippen molar-refractivity contribution in [1.82, 2.24) is 9.21 Å². The number of aryl methyl sites for hydroxylation is 1. The lowest BCUT2D eigenvalue weighted by Crippen LogP contribution is -2.45. The number of hydrogen-bond donors (Lipinski definition) is 0. The summed E-state index contributed by atoms with van der Waals surface area (Å²) in [6, 6.07) is 16.5. The van der Waals surface area contributed by atoms with Gasteiger partial charge in [0.1, 0.15) is 5.82 Å². The molecule has 4 rings (SSSR count). The summed E-state index contributed by atoms with van der Waals surface area (Å²) < 4.78 is 47.5. The van der Waals surface area contributed by atoms with Crippen LogP contribution in [0.2, 0.25) is 0 Å². The van der Waals surface area contributed by atoms with Crippen molar-refractivity contribution >= 4 is 27.3 Å². The third kappa shape index (κ3) is 6.76.